The Morgan fingerprint density at radius 2 is 1.57 bits per heavy atom. The summed E-state index contributed by atoms with van der Waals surface area (Å²) >= 11 is 0. The smallest absolute Gasteiger partial charge is 0.178 e. The van der Waals surface area contributed by atoms with Crippen molar-refractivity contribution in [2.75, 3.05) is 0 Å². The molecule has 6 fully saturated rings. The Bertz CT molecular complexity index is 790. The highest BCUT2D eigenvalue weighted by Gasteiger charge is 3.09. The van der Waals surface area contributed by atoms with E-state index in [1.165, 1.54) is 13.8 Å². The third-order valence-electron chi connectivity index (χ3n) is 10.3. The fourth-order valence-corrected chi connectivity index (χ4v) is 8.80. The van der Waals surface area contributed by atoms with E-state index < -0.39 is 68.7 Å². The number of ether oxygens (including phenoxy) is 1. The molecule has 4 aliphatic carbocycles. The normalized spacial score (nSPS) is 72.1. The Morgan fingerprint density at radius 1 is 1.00 bits per heavy atom. The van der Waals surface area contributed by atoms with Gasteiger partial charge in [-0.15, -0.1) is 0 Å². The largest absolute Gasteiger partial charge is 0.390 e. The highest BCUT2D eigenvalue weighted by Crippen LogP contribution is 2.90. The lowest BCUT2D eigenvalue weighted by molar-refractivity contribution is -0.390. The van der Waals surface area contributed by atoms with Gasteiger partial charge in [-0.1, -0.05) is 27.7 Å². The summed E-state index contributed by atoms with van der Waals surface area (Å²) in [6.45, 7) is 7.90. The van der Waals surface area contributed by atoms with Gasteiger partial charge < -0.3 is 40.5 Å². The second kappa shape index (κ2) is 4.34. The van der Waals surface area contributed by atoms with Crippen LogP contribution in [0.2, 0.25) is 0 Å². The maximum Gasteiger partial charge on any atom is 0.178 e. The minimum absolute atomic E-state index is 0.116. The van der Waals surface area contributed by atoms with Gasteiger partial charge in [-0.05, 0) is 31.6 Å². The minimum Gasteiger partial charge on any atom is -0.390 e. The Morgan fingerprint density at radius 3 is 2.11 bits per heavy atom. The van der Waals surface area contributed by atoms with Crippen LogP contribution in [0.4, 0.5) is 0 Å². The number of hydrogen-bond acceptors (Lipinski definition) is 8. The van der Waals surface area contributed by atoms with E-state index >= 15 is 0 Å². The van der Waals surface area contributed by atoms with Crippen LogP contribution in [-0.4, -0.2) is 81.7 Å². The summed E-state index contributed by atoms with van der Waals surface area (Å²) in [6.07, 6.45) is -3.04. The molecule has 11 atom stereocenters. The Kier molecular flexibility index (Phi) is 3.04. The highest BCUT2D eigenvalue weighted by atomic mass is 16.7. The highest BCUT2D eigenvalue weighted by molar-refractivity contribution is 5.56. The van der Waals surface area contributed by atoms with E-state index in [2.05, 4.69) is 0 Å². The molecule has 160 valence electrons. The van der Waals surface area contributed by atoms with Crippen LogP contribution in [0.3, 0.4) is 0 Å². The summed E-state index contributed by atoms with van der Waals surface area (Å²) in [7, 11) is 0. The van der Waals surface area contributed by atoms with Crippen molar-refractivity contribution in [3.63, 3.8) is 0 Å². The molecule has 6 bridgehead atoms. The van der Waals surface area contributed by atoms with E-state index in [9.17, 15) is 35.7 Å². The van der Waals surface area contributed by atoms with Gasteiger partial charge in [0.15, 0.2) is 11.4 Å². The van der Waals surface area contributed by atoms with Gasteiger partial charge in [0, 0.05) is 11.8 Å². The molecular formula is C20H32O8. The Hall–Kier alpha value is -0.320. The van der Waals surface area contributed by atoms with Crippen molar-refractivity contribution in [2.45, 2.75) is 99.9 Å². The van der Waals surface area contributed by atoms with Gasteiger partial charge in [-0.3, -0.25) is 0 Å². The maximum absolute atomic E-state index is 12.3. The summed E-state index contributed by atoms with van der Waals surface area (Å²) < 4.78 is 6.05. The molecule has 8 heteroatoms. The first-order chi connectivity index (χ1) is 12.6. The number of aliphatic hydroxyl groups is 7. The quantitative estimate of drug-likeness (QED) is 0.285. The zero-order valence-corrected chi connectivity index (χ0v) is 17.0. The van der Waals surface area contributed by atoms with Crippen molar-refractivity contribution in [1.29, 1.82) is 0 Å². The molecule has 7 N–H and O–H groups in total. The van der Waals surface area contributed by atoms with E-state index in [-0.39, 0.29) is 12.8 Å². The molecule has 28 heavy (non-hydrogen) atoms. The van der Waals surface area contributed by atoms with Crippen LogP contribution in [0.1, 0.15) is 53.9 Å². The summed E-state index contributed by atoms with van der Waals surface area (Å²) in [5.41, 5.74) is -14.7. The van der Waals surface area contributed by atoms with Gasteiger partial charge in [-0.2, -0.15) is 0 Å². The molecular weight excluding hydrogens is 368 g/mol. The second-order valence-electron chi connectivity index (χ2n) is 10.9. The van der Waals surface area contributed by atoms with E-state index in [4.69, 9.17) is 4.74 Å². The second-order valence-corrected chi connectivity index (χ2v) is 10.9. The van der Waals surface area contributed by atoms with Crippen LogP contribution in [-0.2, 0) is 4.74 Å². The molecule has 2 saturated heterocycles. The van der Waals surface area contributed by atoms with Gasteiger partial charge in [0.25, 0.3) is 0 Å². The van der Waals surface area contributed by atoms with Crippen molar-refractivity contribution >= 4 is 0 Å². The van der Waals surface area contributed by atoms with Crippen molar-refractivity contribution in [1.82, 2.24) is 0 Å². The lowest BCUT2D eigenvalue weighted by Crippen LogP contribution is -2.75. The van der Waals surface area contributed by atoms with Crippen molar-refractivity contribution < 1.29 is 40.5 Å². The molecule has 6 rings (SSSR count). The van der Waals surface area contributed by atoms with Gasteiger partial charge in [0.2, 0.25) is 0 Å². The minimum atomic E-state index is -2.49. The molecule has 0 aromatic carbocycles. The average molecular weight is 400 g/mol. The fourth-order valence-electron chi connectivity index (χ4n) is 8.80. The summed E-state index contributed by atoms with van der Waals surface area (Å²) in [6, 6.07) is 0. The molecule has 0 amide bonds. The van der Waals surface area contributed by atoms with Crippen molar-refractivity contribution in [3.05, 3.63) is 0 Å². The molecule has 0 aromatic rings. The summed E-state index contributed by atoms with van der Waals surface area (Å²) in [5, 5.41) is 82.3. The lowest BCUT2D eigenvalue weighted by atomic mass is 9.52. The molecule has 6 aliphatic rings. The van der Waals surface area contributed by atoms with E-state index in [0.717, 1.165) is 0 Å². The lowest BCUT2D eigenvalue weighted by Gasteiger charge is -2.60. The monoisotopic (exact) mass is 400 g/mol. The topological polar surface area (TPSA) is 151 Å². The van der Waals surface area contributed by atoms with Crippen LogP contribution in [0.15, 0.2) is 0 Å². The van der Waals surface area contributed by atoms with Crippen LogP contribution >= 0.6 is 0 Å². The van der Waals surface area contributed by atoms with E-state index in [1.807, 2.05) is 0 Å². The van der Waals surface area contributed by atoms with Crippen LogP contribution in [0.5, 0.6) is 0 Å². The van der Waals surface area contributed by atoms with E-state index in [1.54, 1.807) is 20.8 Å². The Labute approximate surface area is 163 Å². The first kappa shape index (κ1) is 19.6. The third kappa shape index (κ3) is 1.13. The Balaban J connectivity index is 1.97. The SMILES string of the molecule is CC(C)[C@@]1(O)[C@H](O)[C@@]2(O)[C@@]3(C)C[C@]4(O)O[C@@]5([C@H](O)[C@@H](C)CC[C@]35O)[C@@]2(O)[C@]14C. The third-order valence-corrected chi connectivity index (χ3v) is 10.3. The summed E-state index contributed by atoms with van der Waals surface area (Å²) in [5.74, 6) is -3.24. The maximum atomic E-state index is 12.3. The molecule has 0 radical (unpaired) electrons. The zero-order chi connectivity index (χ0) is 21.1. The van der Waals surface area contributed by atoms with Gasteiger partial charge in [0.1, 0.15) is 28.5 Å². The first-order valence-corrected chi connectivity index (χ1v) is 10.2. The van der Waals surface area contributed by atoms with Crippen LogP contribution < -0.4 is 0 Å². The van der Waals surface area contributed by atoms with Crippen molar-refractivity contribution in [2.24, 2.45) is 22.7 Å². The van der Waals surface area contributed by atoms with E-state index in [0.29, 0.717) is 6.42 Å². The van der Waals surface area contributed by atoms with Crippen LogP contribution in [0, 0.1) is 22.7 Å². The molecule has 8 nitrogen and oxygen atoms in total. The number of aliphatic hydroxyl groups excluding tert-OH is 2. The molecule has 4 saturated carbocycles. The van der Waals surface area contributed by atoms with Crippen molar-refractivity contribution in [3.8, 4) is 0 Å². The summed E-state index contributed by atoms with van der Waals surface area (Å²) in [4.78, 5) is 0. The number of hydrogen-bond donors (Lipinski definition) is 7. The van der Waals surface area contributed by atoms with Gasteiger partial charge in [0.05, 0.1) is 11.5 Å². The molecule has 0 aromatic heterocycles. The average Bonchev–Trinajstić information content (AvgIpc) is 2.84. The predicted octanol–water partition coefficient (Wildman–Crippen LogP) is -1.38. The number of rotatable bonds is 1. The molecule has 2 aliphatic heterocycles. The van der Waals surface area contributed by atoms with Crippen LogP contribution in [0.25, 0.3) is 0 Å². The molecule has 0 unspecified atom stereocenters. The zero-order valence-electron chi connectivity index (χ0n) is 17.0. The van der Waals surface area contributed by atoms with Gasteiger partial charge >= 0.3 is 0 Å². The molecule has 2 heterocycles. The standard InChI is InChI=1S/C20H32O8/c1-9(2)17(25)12(22)18(26)13(4)8-16(24)14(17,5)20(18,27)19(28-16)11(21)10(3)6-7-15(13,19)23/h9-12,21-27H,6-8H2,1-5H3/t10-,11+,12-,13-,14-,15-,16-,17+,18+,19+,20+/m0/s1. The first-order valence-electron chi connectivity index (χ1n) is 10.2. The fraction of sp³-hybridized carbons (Fsp3) is 1.00. The molecule has 1 spiro atoms. The van der Waals surface area contributed by atoms with Gasteiger partial charge in [-0.25, -0.2) is 0 Å². The predicted molar refractivity (Wildman–Crippen MR) is 94.6 cm³/mol.